The zero-order valence-corrected chi connectivity index (χ0v) is 18.1. The van der Waals surface area contributed by atoms with Crippen LogP contribution in [0, 0.1) is 5.92 Å². The van der Waals surface area contributed by atoms with E-state index < -0.39 is 0 Å². The summed E-state index contributed by atoms with van der Waals surface area (Å²) in [4.78, 5) is 24.0. The van der Waals surface area contributed by atoms with Crippen molar-refractivity contribution in [2.75, 3.05) is 13.1 Å². The first-order chi connectivity index (χ1) is 14.1. The largest absolute Gasteiger partial charge is 0.370 e. The number of H-pyrrole nitrogens is 1. The Morgan fingerprint density at radius 1 is 1.27 bits per heavy atom. The van der Waals surface area contributed by atoms with Crippen molar-refractivity contribution in [2.45, 2.75) is 39.7 Å². The summed E-state index contributed by atoms with van der Waals surface area (Å²) in [6.07, 6.45) is 1.84. The van der Waals surface area contributed by atoms with E-state index in [2.05, 4.69) is 54.0 Å². The SMILES string of the molecule is C[C@@H](CN=C(N)N)CNCc1ccc(-n2cc3cc(C(C)(C)C)[nH]c3nc2=O)cc1. The highest BCUT2D eigenvalue weighted by molar-refractivity contribution is 5.76. The summed E-state index contributed by atoms with van der Waals surface area (Å²) in [7, 11) is 0. The second-order valence-electron chi connectivity index (χ2n) is 8.80. The molecule has 160 valence electrons. The third-order valence-electron chi connectivity index (χ3n) is 4.94. The molecule has 0 fully saturated rings. The van der Waals surface area contributed by atoms with Gasteiger partial charge >= 0.3 is 5.69 Å². The van der Waals surface area contributed by atoms with Crippen LogP contribution < -0.4 is 22.5 Å². The van der Waals surface area contributed by atoms with E-state index in [0.717, 1.165) is 35.4 Å². The maximum absolute atomic E-state index is 12.5. The summed E-state index contributed by atoms with van der Waals surface area (Å²) >= 11 is 0. The minimum absolute atomic E-state index is 0.0377. The Hall–Kier alpha value is -3.13. The van der Waals surface area contributed by atoms with E-state index in [-0.39, 0.29) is 17.1 Å². The number of benzene rings is 1. The van der Waals surface area contributed by atoms with Crippen LogP contribution in [-0.4, -0.2) is 33.6 Å². The number of aromatic nitrogens is 3. The summed E-state index contributed by atoms with van der Waals surface area (Å²) in [6, 6.07) is 9.95. The lowest BCUT2D eigenvalue weighted by Crippen LogP contribution is -2.26. The number of nitrogens with two attached hydrogens (primary N) is 2. The molecule has 0 aliphatic heterocycles. The molecule has 2 aromatic heterocycles. The second kappa shape index (κ2) is 8.71. The topological polar surface area (TPSA) is 127 Å². The van der Waals surface area contributed by atoms with Crippen molar-refractivity contribution >= 4 is 17.0 Å². The van der Waals surface area contributed by atoms with Crippen LogP contribution >= 0.6 is 0 Å². The third kappa shape index (κ3) is 5.27. The van der Waals surface area contributed by atoms with Gasteiger partial charge in [0.15, 0.2) is 5.96 Å². The quantitative estimate of drug-likeness (QED) is 0.351. The number of guanidine groups is 1. The molecule has 0 spiro atoms. The van der Waals surface area contributed by atoms with E-state index in [1.165, 1.54) is 0 Å². The summed E-state index contributed by atoms with van der Waals surface area (Å²) in [5, 5.41) is 4.32. The van der Waals surface area contributed by atoms with Crippen LogP contribution in [0.4, 0.5) is 0 Å². The lowest BCUT2D eigenvalue weighted by Gasteiger charge is -2.15. The third-order valence-corrected chi connectivity index (χ3v) is 4.94. The fourth-order valence-electron chi connectivity index (χ4n) is 3.15. The van der Waals surface area contributed by atoms with Crippen molar-refractivity contribution in [1.29, 1.82) is 0 Å². The maximum atomic E-state index is 12.5. The summed E-state index contributed by atoms with van der Waals surface area (Å²) in [5.41, 5.74) is 14.0. The molecule has 0 unspecified atom stereocenters. The number of hydrogen-bond acceptors (Lipinski definition) is 4. The van der Waals surface area contributed by atoms with Crippen molar-refractivity contribution < 1.29 is 0 Å². The molecule has 0 bridgehead atoms. The van der Waals surface area contributed by atoms with Crippen LogP contribution in [0.1, 0.15) is 39.0 Å². The Morgan fingerprint density at radius 3 is 2.60 bits per heavy atom. The molecule has 0 aliphatic rings. The number of rotatable bonds is 7. The van der Waals surface area contributed by atoms with Gasteiger partial charge in [-0.25, -0.2) is 4.79 Å². The zero-order chi connectivity index (χ0) is 21.9. The van der Waals surface area contributed by atoms with Crippen molar-refractivity contribution in [3.63, 3.8) is 0 Å². The van der Waals surface area contributed by atoms with Gasteiger partial charge in [0, 0.05) is 35.8 Å². The van der Waals surface area contributed by atoms with E-state index in [0.29, 0.717) is 18.1 Å². The minimum Gasteiger partial charge on any atom is -0.370 e. The van der Waals surface area contributed by atoms with E-state index in [4.69, 9.17) is 11.5 Å². The van der Waals surface area contributed by atoms with Gasteiger partial charge in [-0.2, -0.15) is 4.98 Å². The number of fused-ring (bicyclic) bond motifs is 1. The molecule has 1 aromatic carbocycles. The Bertz CT molecular complexity index is 1080. The second-order valence-corrected chi connectivity index (χ2v) is 8.80. The average Bonchev–Trinajstić information content (AvgIpc) is 3.10. The normalized spacial score (nSPS) is 12.8. The fourth-order valence-corrected chi connectivity index (χ4v) is 3.15. The molecule has 0 aliphatic carbocycles. The van der Waals surface area contributed by atoms with Crippen molar-refractivity contribution in [3.05, 3.63) is 58.3 Å². The van der Waals surface area contributed by atoms with Crippen LogP contribution in [-0.2, 0) is 12.0 Å². The van der Waals surface area contributed by atoms with Crippen LogP contribution in [0.15, 0.2) is 46.3 Å². The van der Waals surface area contributed by atoms with Gasteiger partial charge in [0.25, 0.3) is 0 Å². The number of nitrogens with one attached hydrogen (secondary N) is 2. The van der Waals surface area contributed by atoms with Crippen molar-refractivity contribution in [2.24, 2.45) is 22.4 Å². The molecule has 0 saturated heterocycles. The molecule has 3 aromatic rings. The molecular formula is C22H31N7O. The van der Waals surface area contributed by atoms with E-state index >= 15 is 0 Å². The first kappa shape index (κ1) is 21.6. The van der Waals surface area contributed by atoms with Crippen LogP contribution in [0.3, 0.4) is 0 Å². The Balaban J connectivity index is 1.70. The molecule has 8 heteroatoms. The van der Waals surface area contributed by atoms with Gasteiger partial charge in [-0.1, -0.05) is 39.8 Å². The lowest BCUT2D eigenvalue weighted by molar-refractivity contribution is 0.523. The predicted octanol–water partition coefficient (Wildman–Crippen LogP) is 2.01. The van der Waals surface area contributed by atoms with Crippen LogP contribution in [0.25, 0.3) is 16.7 Å². The van der Waals surface area contributed by atoms with Gasteiger partial charge in [-0.15, -0.1) is 0 Å². The molecule has 2 heterocycles. The zero-order valence-electron chi connectivity index (χ0n) is 18.1. The fraction of sp³-hybridized carbons (Fsp3) is 0.409. The molecule has 0 saturated carbocycles. The molecule has 0 radical (unpaired) electrons. The highest BCUT2D eigenvalue weighted by atomic mass is 16.1. The smallest absolute Gasteiger partial charge is 0.354 e. The summed E-state index contributed by atoms with van der Waals surface area (Å²) < 4.78 is 1.58. The minimum atomic E-state index is -0.302. The van der Waals surface area contributed by atoms with Gasteiger partial charge in [-0.3, -0.25) is 9.56 Å². The van der Waals surface area contributed by atoms with Crippen LogP contribution in [0.2, 0.25) is 0 Å². The van der Waals surface area contributed by atoms with Gasteiger partial charge in [0.2, 0.25) is 0 Å². The predicted molar refractivity (Wildman–Crippen MR) is 122 cm³/mol. The average molecular weight is 410 g/mol. The maximum Gasteiger partial charge on any atom is 0.354 e. The standard InChI is InChI=1S/C22H31N7O/c1-14(11-26-20(23)24)10-25-12-15-5-7-17(8-6-15)29-13-16-9-18(22(2,3)4)27-19(16)28-21(29)30/h5-9,13-14,25H,10-12H2,1-4H3,(H4,23,24,26)(H,27,28,30)/t14-/m1/s1. The van der Waals surface area contributed by atoms with E-state index in [1.54, 1.807) is 4.57 Å². The van der Waals surface area contributed by atoms with E-state index in [1.807, 2.05) is 30.5 Å². The monoisotopic (exact) mass is 409 g/mol. The van der Waals surface area contributed by atoms with Gasteiger partial charge in [-0.05, 0) is 36.2 Å². The molecule has 30 heavy (non-hydrogen) atoms. The summed E-state index contributed by atoms with van der Waals surface area (Å²) in [5.74, 6) is 0.455. The number of aromatic amines is 1. The molecule has 6 N–H and O–H groups in total. The Kier molecular flexibility index (Phi) is 6.26. The first-order valence-corrected chi connectivity index (χ1v) is 10.1. The molecule has 3 rings (SSSR count). The molecule has 8 nitrogen and oxygen atoms in total. The first-order valence-electron chi connectivity index (χ1n) is 10.1. The molecular weight excluding hydrogens is 378 g/mol. The number of aliphatic imine (C=N–C) groups is 1. The Morgan fingerprint density at radius 2 is 1.97 bits per heavy atom. The van der Waals surface area contributed by atoms with Gasteiger partial charge < -0.3 is 21.8 Å². The highest BCUT2D eigenvalue weighted by Crippen LogP contribution is 2.24. The number of nitrogens with zero attached hydrogens (tertiary/aromatic N) is 3. The van der Waals surface area contributed by atoms with Gasteiger partial charge in [0.1, 0.15) is 5.65 Å². The van der Waals surface area contributed by atoms with Crippen molar-refractivity contribution in [3.8, 4) is 5.69 Å². The molecule has 0 amide bonds. The van der Waals surface area contributed by atoms with E-state index in [9.17, 15) is 4.79 Å². The number of hydrogen-bond donors (Lipinski definition) is 4. The van der Waals surface area contributed by atoms with Crippen molar-refractivity contribution in [1.82, 2.24) is 19.9 Å². The molecule has 1 atom stereocenters. The Labute approximate surface area is 176 Å². The highest BCUT2D eigenvalue weighted by Gasteiger charge is 2.17. The van der Waals surface area contributed by atoms with Crippen LogP contribution in [0.5, 0.6) is 0 Å². The lowest BCUT2D eigenvalue weighted by atomic mass is 9.92. The van der Waals surface area contributed by atoms with Gasteiger partial charge in [0.05, 0.1) is 5.69 Å². The summed E-state index contributed by atoms with van der Waals surface area (Å²) in [6.45, 7) is 10.6.